The second-order valence-electron chi connectivity index (χ2n) is 6.06. The molecule has 7 heteroatoms. The molecule has 0 spiro atoms. The van der Waals surface area contributed by atoms with Crippen molar-refractivity contribution in [3.63, 3.8) is 0 Å². The molecule has 4 rings (SSSR count). The molecule has 0 aliphatic heterocycles. The Bertz CT molecular complexity index is 1230. The van der Waals surface area contributed by atoms with Crippen LogP contribution in [0.3, 0.4) is 0 Å². The molecule has 1 heterocycles. The Balaban J connectivity index is 1.87. The highest BCUT2D eigenvalue weighted by atomic mass is 35.5. The van der Waals surface area contributed by atoms with Crippen LogP contribution in [0.4, 0.5) is 5.69 Å². The number of amides is 1. The summed E-state index contributed by atoms with van der Waals surface area (Å²) in [5.74, 6) is -0.473. The van der Waals surface area contributed by atoms with E-state index >= 15 is 0 Å². The monoisotopic (exact) mass is 409 g/mol. The van der Waals surface area contributed by atoms with Crippen LogP contribution >= 0.6 is 23.2 Å². The van der Waals surface area contributed by atoms with Crippen LogP contribution in [0.15, 0.2) is 77.6 Å². The molecule has 0 aliphatic carbocycles. The Labute approximate surface area is 170 Å². The maximum absolute atomic E-state index is 13.0. The van der Waals surface area contributed by atoms with Crippen LogP contribution in [0.2, 0.25) is 10.0 Å². The number of rotatable bonds is 3. The molecule has 28 heavy (non-hydrogen) atoms. The van der Waals surface area contributed by atoms with Crippen molar-refractivity contribution < 1.29 is 4.79 Å². The summed E-state index contributed by atoms with van der Waals surface area (Å²) in [6.07, 6.45) is 0. The van der Waals surface area contributed by atoms with Crippen LogP contribution in [0.25, 0.3) is 16.5 Å². The number of hydrogen-bond acceptors (Lipinski definition) is 3. The Kier molecular flexibility index (Phi) is 4.86. The van der Waals surface area contributed by atoms with Crippen molar-refractivity contribution in [2.24, 2.45) is 0 Å². The molecule has 138 valence electrons. The first kappa shape index (κ1) is 18.2. The number of para-hydroxylation sites is 1. The lowest BCUT2D eigenvalue weighted by molar-refractivity contribution is 0.102. The normalized spacial score (nSPS) is 10.8. The van der Waals surface area contributed by atoms with Crippen LogP contribution in [0.1, 0.15) is 10.5 Å². The van der Waals surface area contributed by atoms with E-state index in [4.69, 9.17) is 23.2 Å². The van der Waals surface area contributed by atoms with Gasteiger partial charge in [-0.1, -0.05) is 59.6 Å². The summed E-state index contributed by atoms with van der Waals surface area (Å²) in [6.45, 7) is 0. The third kappa shape index (κ3) is 3.50. The summed E-state index contributed by atoms with van der Waals surface area (Å²) < 4.78 is 1.22. The minimum absolute atomic E-state index is 0.121. The fourth-order valence-electron chi connectivity index (χ4n) is 2.92. The Morgan fingerprint density at radius 2 is 1.46 bits per heavy atom. The second kappa shape index (κ2) is 7.46. The van der Waals surface area contributed by atoms with E-state index in [1.165, 1.54) is 4.68 Å². The predicted octanol–water partition coefficient (Wildman–Crippen LogP) is 4.94. The molecule has 1 aromatic heterocycles. The number of hydrogen-bond donors (Lipinski definition) is 1. The third-order valence-electron chi connectivity index (χ3n) is 4.14. The summed E-state index contributed by atoms with van der Waals surface area (Å²) in [6, 6.07) is 20.5. The fraction of sp³-hybridized carbons (Fsp3) is 0. The number of carbonyl (C=O) groups is 1. The van der Waals surface area contributed by atoms with E-state index in [2.05, 4.69) is 10.4 Å². The van der Waals surface area contributed by atoms with Gasteiger partial charge in [-0.25, -0.2) is 0 Å². The molecule has 0 unspecified atom stereocenters. The van der Waals surface area contributed by atoms with E-state index in [9.17, 15) is 9.59 Å². The van der Waals surface area contributed by atoms with Gasteiger partial charge < -0.3 is 5.32 Å². The molecule has 3 aromatic carbocycles. The molecule has 0 fully saturated rings. The standard InChI is InChI=1S/C21H13Cl2N3O2/c22-13-10-14(23)12-15(11-13)24-20(27)19-17-8-4-5-9-18(17)21(28)26(25-19)16-6-2-1-3-7-16/h1-12H,(H,24,27). The van der Waals surface area contributed by atoms with Gasteiger partial charge >= 0.3 is 0 Å². The number of nitrogens with one attached hydrogen (secondary N) is 1. The highest BCUT2D eigenvalue weighted by molar-refractivity contribution is 6.35. The van der Waals surface area contributed by atoms with Gasteiger partial charge in [0, 0.05) is 21.1 Å². The zero-order valence-electron chi connectivity index (χ0n) is 14.4. The summed E-state index contributed by atoms with van der Waals surface area (Å²) in [5.41, 5.74) is 0.822. The quantitative estimate of drug-likeness (QED) is 0.520. The summed E-state index contributed by atoms with van der Waals surface area (Å²) >= 11 is 12.0. The summed E-state index contributed by atoms with van der Waals surface area (Å²) in [5, 5.41) is 8.74. The average Bonchev–Trinajstić information content (AvgIpc) is 2.68. The van der Waals surface area contributed by atoms with Gasteiger partial charge in [0.2, 0.25) is 0 Å². The van der Waals surface area contributed by atoms with Crippen LogP contribution in [-0.4, -0.2) is 15.7 Å². The van der Waals surface area contributed by atoms with Crippen molar-refractivity contribution in [3.05, 3.63) is 98.9 Å². The smallest absolute Gasteiger partial charge is 0.279 e. The number of benzene rings is 3. The van der Waals surface area contributed by atoms with Gasteiger partial charge in [0.05, 0.1) is 11.1 Å². The first-order valence-electron chi connectivity index (χ1n) is 8.38. The molecular formula is C21H13Cl2N3O2. The van der Waals surface area contributed by atoms with E-state index in [1.807, 2.05) is 6.07 Å². The second-order valence-corrected chi connectivity index (χ2v) is 6.93. The number of nitrogens with zero attached hydrogens (tertiary/aromatic N) is 2. The minimum Gasteiger partial charge on any atom is -0.320 e. The molecule has 0 saturated carbocycles. The van der Waals surface area contributed by atoms with E-state index in [1.54, 1.807) is 66.7 Å². The van der Waals surface area contributed by atoms with Crippen molar-refractivity contribution in [2.75, 3.05) is 5.32 Å². The topological polar surface area (TPSA) is 64.0 Å². The Hall–Kier alpha value is -3.15. The van der Waals surface area contributed by atoms with Crippen LogP contribution in [0.5, 0.6) is 0 Å². The van der Waals surface area contributed by atoms with Crippen molar-refractivity contribution in [1.29, 1.82) is 0 Å². The predicted molar refractivity (Wildman–Crippen MR) is 112 cm³/mol. The maximum atomic E-state index is 13.0. The number of fused-ring (bicyclic) bond motifs is 1. The number of halogens is 2. The first-order chi connectivity index (χ1) is 13.5. The maximum Gasteiger partial charge on any atom is 0.279 e. The Morgan fingerprint density at radius 3 is 2.14 bits per heavy atom. The lowest BCUT2D eigenvalue weighted by Gasteiger charge is -2.11. The number of carbonyl (C=O) groups excluding carboxylic acids is 1. The summed E-state index contributed by atoms with van der Waals surface area (Å²) in [7, 11) is 0. The van der Waals surface area contributed by atoms with Gasteiger partial charge in [0.1, 0.15) is 0 Å². The third-order valence-corrected chi connectivity index (χ3v) is 4.58. The van der Waals surface area contributed by atoms with Gasteiger partial charge in [-0.3, -0.25) is 9.59 Å². The van der Waals surface area contributed by atoms with Gasteiger partial charge in [0.25, 0.3) is 11.5 Å². The first-order valence-corrected chi connectivity index (χ1v) is 9.13. The SMILES string of the molecule is O=C(Nc1cc(Cl)cc(Cl)c1)c1nn(-c2ccccc2)c(=O)c2ccccc12. The van der Waals surface area contributed by atoms with Crippen molar-refractivity contribution >= 4 is 45.6 Å². The molecule has 1 N–H and O–H groups in total. The van der Waals surface area contributed by atoms with Crippen LogP contribution in [0, 0.1) is 0 Å². The highest BCUT2D eigenvalue weighted by Crippen LogP contribution is 2.23. The largest absolute Gasteiger partial charge is 0.320 e. The molecule has 0 saturated heterocycles. The van der Waals surface area contributed by atoms with E-state index < -0.39 is 5.91 Å². The molecule has 5 nitrogen and oxygen atoms in total. The van der Waals surface area contributed by atoms with E-state index in [-0.39, 0.29) is 11.3 Å². The Morgan fingerprint density at radius 1 is 0.857 bits per heavy atom. The van der Waals surface area contributed by atoms with E-state index in [0.29, 0.717) is 32.2 Å². The van der Waals surface area contributed by atoms with Gasteiger partial charge in [-0.05, 0) is 36.4 Å². The molecule has 0 radical (unpaired) electrons. The average molecular weight is 410 g/mol. The minimum atomic E-state index is -0.473. The van der Waals surface area contributed by atoms with Gasteiger partial charge in [0.15, 0.2) is 5.69 Å². The van der Waals surface area contributed by atoms with Crippen molar-refractivity contribution in [2.45, 2.75) is 0 Å². The zero-order valence-corrected chi connectivity index (χ0v) is 15.9. The lowest BCUT2D eigenvalue weighted by Crippen LogP contribution is -2.26. The van der Waals surface area contributed by atoms with Gasteiger partial charge in [-0.15, -0.1) is 0 Å². The van der Waals surface area contributed by atoms with Crippen LogP contribution < -0.4 is 10.9 Å². The molecule has 4 aromatic rings. The highest BCUT2D eigenvalue weighted by Gasteiger charge is 2.18. The lowest BCUT2D eigenvalue weighted by atomic mass is 10.1. The van der Waals surface area contributed by atoms with Crippen molar-refractivity contribution in [1.82, 2.24) is 9.78 Å². The molecule has 0 atom stereocenters. The van der Waals surface area contributed by atoms with E-state index in [0.717, 1.165) is 0 Å². The van der Waals surface area contributed by atoms with Crippen molar-refractivity contribution in [3.8, 4) is 5.69 Å². The molecular weight excluding hydrogens is 397 g/mol. The fourth-order valence-corrected chi connectivity index (χ4v) is 3.44. The summed E-state index contributed by atoms with van der Waals surface area (Å²) in [4.78, 5) is 25.9. The molecule has 0 bridgehead atoms. The number of anilines is 1. The number of aromatic nitrogens is 2. The van der Waals surface area contributed by atoms with Crippen LogP contribution in [-0.2, 0) is 0 Å². The molecule has 1 amide bonds. The molecule has 0 aliphatic rings. The van der Waals surface area contributed by atoms with Gasteiger partial charge in [-0.2, -0.15) is 9.78 Å². The zero-order chi connectivity index (χ0) is 19.7.